The number of methoxy groups -OCH3 is 1. The van der Waals surface area contributed by atoms with Crippen molar-refractivity contribution in [2.75, 3.05) is 38.2 Å². The highest BCUT2D eigenvalue weighted by Gasteiger charge is 2.25. The number of rotatable bonds is 5. The Morgan fingerprint density at radius 2 is 1.68 bits per heavy atom. The van der Waals surface area contributed by atoms with E-state index in [-0.39, 0.29) is 5.91 Å². The van der Waals surface area contributed by atoms with Gasteiger partial charge in [0.25, 0.3) is 11.9 Å². The molecule has 4 aromatic rings. The third-order valence-corrected chi connectivity index (χ3v) is 6.14. The van der Waals surface area contributed by atoms with Crippen LogP contribution < -0.4 is 9.64 Å². The second-order valence-electron chi connectivity index (χ2n) is 8.11. The second kappa shape index (κ2) is 9.35. The van der Waals surface area contributed by atoms with Crippen LogP contribution in [-0.4, -0.2) is 63.8 Å². The third kappa shape index (κ3) is 4.10. The largest absolute Gasteiger partial charge is 0.496 e. The summed E-state index contributed by atoms with van der Waals surface area (Å²) in [5.41, 5.74) is 4.06. The van der Waals surface area contributed by atoms with Crippen molar-refractivity contribution < 1.29 is 9.53 Å². The van der Waals surface area contributed by atoms with E-state index in [1.54, 1.807) is 24.2 Å². The van der Waals surface area contributed by atoms with Crippen molar-refractivity contribution in [1.82, 2.24) is 24.6 Å². The number of amides is 1. The number of carbonyl (C=O) groups excluding carboxylic acids is 1. The van der Waals surface area contributed by atoms with E-state index >= 15 is 0 Å². The van der Waals surface area contributed by atoms with Crippen LogP contribution in [0.25, 0.3) is 17.2 Å². The number of hydrogen-bond donors (Lipinski definition) is 0. The van der Waals surface area contributed by atoms with E-state index in [2.05, 4.69) is 32.1 Å². The minimum atomic E-state index is -0.0163. The first kappa shape index (κ1) is 21.6. The van der Waals surface area contributed by atoms with Gasteiger partial charge < -0.3 is 14.5 Å². The fraction of sp³-hybridized carbons (Fsp3) is 0.231. The standard InChI is InChI=1S/C26H26N6O2/c1-19-22(25(33)31-16-14-30(15-17-31)20-8-4-3-5-9-20)18-28-32(19)26-27-13-12-23(29-26)21-10-6-7-11-24(21)34-2/h3-13,18H,14-17H2,1-2H3. The van der Waals surface area contributed by atoms with Crippen molar-refractivity contribution in [3.63, 3.8) is 0 Å². The molecule has 5 rings (SSSR count). The second-order valence-corrected chi connectivity index (χ2v) is 8.11. The molecule has 0 radical (unpaired) electrons. The van der Waals surface area contributed by atoms with Gasteiger partial charge in [0, 0.05) is 43.6 Å². The van der Waals surface area contributed by atoms with Gasteiger partial charge in [-0.15, -0.1) is 0 Å². The molecule has 0 N–H and O–H groups in total. The Labute approximate surface area is 198 Å². The molecule has 1 amide bonds. The lowest BCUT2D eigenvalue weighted by atomic mass is 10.1. The summed E-state index contributed by atoms with van der Waals surface area (Å²) in [5.74, 6) is 1.13. The lowest BCUT2D eigenvalue weighted by Crippen LogP contribution is -2.48. The number of carbonyl (C=O) groups is 1. The predicted molar refractivity (Wildman–Crippen MR) is 130 cm³/mol. The summed E-state index contributed by atoms with van der Waals surface area (Å²) in [6.45, 7) is 4.80. The Bertz CT molecular complexity index is 1300. The molecule has 2 aromatic heterocycles. The Hall–Kier alpha value is -4.20. The molecule has 2 aromatic carbocycles. The van der Waals surface area contributed by atoms with Gasteiger partial charge in [-0.2, -0.15) is 5.10 Å². The fourth-order valence-corrected chi connectivity index (χ4v) is 4.25. The number of ether oxygens (including phenoxy) is 1. The van der Waals surface area contributed by atoms with Crippen molar-refractivity contribution in [3.8, 4) is 23.0 Å². The molecule has 0 saturated carbocycles. The molecule has 1 fully saturated rings. The van der Waals surface area contributed by atoms with Crippen molar-refractivity contribution in [2.45, 2.75) is 6.92 Å². The monoisotopic (exact) mass is 454 g/mol. The molecule has 0 spiro atoms. The lowest BCUT2D eigenvalue weighted by Gasteiger charge is -2.36. The molecule has 0 bridgehead atoms. The van der Waals surface area contributed by atoms with Crippen molar-refractivity contribution in [1.29, 1.82) is 0 Å². The molecular weight excluding hydrogens is 428 g/mol. The fourth-order valence-electron chi connectivity index (χ4n) is 4.25. The average Bonchev–Trinajstić information content (AvgIpc) is 3.30. The summed E-state index contributed by atoms with van der Waals surface area (Å²) in [7, 11) is 1.64. The molecule has 8 heteroatoms. The molecule has 8 nitrogen and oxygen atoms in total. The summed E-state index contributed by atoms with van der Waals surface area (Å²) in [6, 6.07) is 19.8. The van der Waals surface area contributed by atoms with Crippen LogP contribution in [0.1, 0.15) is 16.1 Å². The van der Waals surface area contributed by atoms with Gasteiger partial charge >= 0.3 is 0 Å². The van der Waals surface area contributed by atoms with Crippen LogP contribution in [0.3, 0.4) is 0 Å². The first-order valence-electron chi connectivity index (χ1n) is 11.3. The molecule has 0 aliphatic carbocycles. The minimum absolute atomic E-state index is 0.0163. The molecule has 1 aliphatic rings. The molecule has 1 aliphatic heterocycles. The first-order valence-corrected chi connectivity index (χ1v) is 11.3. The van der Waals surface area contributed by atoms with Crippen LogP contribution in [0, 0.1) is 6.92 Å². The number of aromatic nitrogens is 4. The molecule has 1 saturated heterocycles. The topological polar surface area (TPSA) is 76.4 Å². The zero-order valence-electron chi connectivity index (χ0n) is 19.3. The molecule has 0 unspecified atom stereocenters. The van der Waals surface area contributed by atoms with Crippen molar-refractivity contribution in [2.24, 2.45) is 0 Å². The van der Waals surface area contributed by atoms with Gasteiger partial charge in [0.2, 0.25) is 0 Å². The van der Waals surface area contributed by atoms with Crippen LogP contribution in [0.5, 0.6) is 5.75 Å². The van der Waals surface area contributed by atoms with Crippen LogP contribution in [0.4, 0.5) is 5.69 Å². The zero-order valence-corrected chi connectivity index (χ0v) is 19.3. The van der Waals surface area contributed by atoms with Crippen molar-refractivity contribution in [3.05, 3.63) is 84.3 Å². The normalized spacial score (nSPS) is 13.7. The van der Waals surface area contributed by atoms with E-state index in [0.717, 1.165) is 30.1 Å². The Morgan fingerprint density at radius 1 is 0.941 bits per heavy atom. The number of benzene rings is 2. The molecular formula is C26H26N6O2. The highest BCUT2D eigenvalue weighted by atomic mass is 16.5. The van der Waals surface area contributed by atoms with Gasteiger partial charge in [-0.1, -0.05) is 30.3 Å². The smallest absolute Gasteiger partial charge is 0.257 e. The Kier molecular flexibility index (Phi) is 5.95. The zero-order chi connectivity index (χ0) is 23.5. The van der Waals surface area contributed by atoms with Gasteiger partial charge in [0.05, 0.1) is 30.3 Å². The molecule has 34 heavy (non-hydrogen) atoms. The van der Waals surface area contributed by atoms with Gasteiger partial charge in [-0.25, -0.2) is 14.6 Å². The molecule has 172 valence electrons. The predicted octanol–water partition coefficient (Wildman–Crippen LogP) is 3.61. The highest BCUT2D eigenvalue weighted by Crippen LogP contribution is 2.28. The van der Waals surface area contributed by atoms with Crippen molar-refractivity contribution >= 4 is 11.6 Å². The SMILES string of the molecule is COc1ccccc1-c1ccnc(-n2ncc(C(=O)N3CCN(c4ccccc4)CC3)c2C)n1. The number of hydrogen-bond acceptors (Lipinski definition) is 6. The van der Waals surface area contributed by atoms with Crippen LogP contribution in [0.2, 0.25) is 0 Å². The number of para-hydroxylation sites is 2. The minimum Gasteiger partial charge on any atom is -0.496 e. The number of nitrogens with zero attached hydrogens (tertiary/aromatic N) is 6. The van der Waals surface area contributed by atoms with Gasteiger partial charge in [-0.05, 0) is 37.3 Å². The van der Waals surface area contributed by atoms with Crippen LogP contribution >= 0.6 is 0 Å². The van der Waals surface area contributed by atoms with Gasteiger partial charge in [0.1, 0.15) is 5.75 Å². The highest BCUT2D eigenvalue weighted by molar-refractivity contribution is 5.95. The maximum Gasteiger partial charge on any atom is 0.257 e. The Balaban J connectivity index is 1.35. The van der Waals surface area contributed by atoms with E-state index in [1.807, 2.05) is 60.4 Å². The first-order chi connectivity index (χ1) is 16.7. The summed E-state index contributed by atoms with van der Waals surface area (Å²) < 4.78 is 7.09. The van der Waals surface area contributed by atoms with E-state index in [9.17, 15) is 4.79 Å². The van der Waals surface area contributed by atoms with E-state index < -0.39 is 0 Å². The molecule has 0 atom stereocenters. The summed E-state index contributed by atoms with van der Waals surface area (Å²) >= 11 is 0. The third-order valence-electron chi connectivity index (χ3n) is 6.14. The van der Waals surface area contributed by atoms with Crippen LogP contribution in [-0.2, 0) is 0 Å². The maximum atomic E-state index is 13.3. The lowest BCUT2D eigenvalue weighted by molar-refractivity contribution is 0.0746. The number of piperazine rings is 1. The Morgan fingerprint density at radius 3 is 2.44 bits per heavy atom. The van der Waals surface area contributed by atoms with Gasteiger partial charge in [-0.3, -0.25) is 4.79 Å². The summed E-state index contributed by atoms with van der Waals surface area (Å²) in [5, 5.41) is 4.44. The summed E-state index contributed by atoms with van der Waals surface area (Å²) in [6.07, 6.45) is 3.30. The maximum absolute atomic E-state index is 13.3. The van der Waals surface area contributed by atoms with Gasteiger partial charge in [0.15, 0.2) is 0 Å². The number of anilines is 1. The van der Waals surface area contributed by atoms with E-state index in [1.165, 1.54) is 5.69 Å². The average molecular weight is 455 g/mol. The summed E-state index contributed by atoms with van der Waals surface area (Å²) in [4.78, 5) is 26.6. The van der Waals surface area contributed by atoms with E-state index in [4.69, 9.17) is 4.74 Å². The van der Waals surface area contributed by atoms with Crippen LogP contribution in [0.15, 0.2) is 73.1 Å². The molecule has 3 heterocycles. The van der Waals surface area contributed by atoms with E-state index in [0.29, 0.717) is 30.3 Å². The quantitative estimate of drug-likeness (QED) is 0.459.